The zero-order chi connectivity index (χ0) is 38.9. The molecule has 0 aliphatic carbocycles. The summed E-state index contributed by atoms with van der Waals surface area (Å²) >= 11 is 0. The van der Waals surface area contributed by atoms with E-state index in [0.29, 0.717) is 6.42 Å². The number of unbranched alkanes of at least 4 members (excludes halogenated alkanes) is 27. The molecule has 0 rings (SSSR count). The van der Waals surface area contributed by atoms with Crippen molar-refractivity contribution < 1.29 is 37.6 Å². The first-order valence-corrected chi connectivity index (χ1v) is 23.7. The van der Waals surface area contributed by atoms with E-state index in [1.165, 1.54) is 154 Å². The minimum Gasteiger partial charge on any atom is -0.462 e. The predicted octanol–water partition coefficient (Wildman–Crippen LogP) is 12.6. The van der Waals surface area contributed by atoms with Gasteiger partial charge in [0.25, 0.3) is 0 Å². The molecule has 0 saturated carbocycles. The molecule has 0 bridgehead atoms. The molecule has 0 aromatic carbocycles. The highest BCUT2D eigenvalue weighted by molar-refractivity contribution is 7.47. The smallest absolute Gasteiger partial charge is 0.462 e. The third-order valence-corrected chi connectivity index (χ3v) is 10.6. The lowest BCUT2D eigenvalue weighted by molar-refractivity contribution is -0.161. The summed E-state index contributed by atoms with van der Waals surface area (Å²) in [4.78, 5) is 34.8. The summed E-state index contributed by atoms with van der Waals surface area (Å²) in [6.07, 6.45) is 41.0. The fourth-order valence-electron chi connectivity index (χ4n) is 6.34. The summed E-state index contributed by atoms with van der Waals surface area (Å²) in [5, 5.41) is 0. The highest BCUT2D eigenvalue weighted by atomic mass is 31.2. The lowest BCUT2D eigenvalue weighted by atomic mass is 10.0. The van der Waals surface area contributed by atoms with E-state index in [1.807, 2.05) is 0 Å². The number of esters is 2. The van der Waals surface area contributed by atoms with Crippen molar-refractivity contribution in [1.82, 2.24) is 0 Å². The zero-order valence-electron chi connectivity index (χ0n) is 34.5. The topological polar surface area (TPSA) is 134 Å². The predicted molar refractivity (Wildman–Crippen MR) is 220 cm³/mol. The van der Waals surface area contributed by atoms with Crippen molar-refractivity contribution in [1.29, 1.82) is 0 Å². The maximum atomic E-state index is 12.6. The molecule has 0 spiro atoms. The molecule has 0 saturated heterocycles. The minimum atomic E-state index is -4.37. The molecule has 9 nitrogen and oxygen atoms in total. The lowest BCUT2D eigenvalue weighted by Gasteiger charge is -2.19. The van der Waals surface area contributed by atoms with Gasteiger partial charge in [0.05, 0.1) is 13.2 Å². The van der Waals surface area contributed by atoms with Crippen molar-refractivity contribution in [3.8, 4) is 0 Å². The molecule has 0 fully saturated rings. The molecule has 0 radical (unpaired) electrons. The molecule has 0 aromatic heterocycles. The van der Waals surface area contributed by atoms with Gasteiger partial charge in [-0.25, -0.2) is 4.57 Å². The van der Waals surface area contributed by atoms with E-state index < -0.39 is 26.5 Å². The number of ether oxygens (including phenoxy) is 2. The van der Waals surface area contributed by atoms with Crippen LogP contribution in [0.5, 0.6) is 0 Å². The van der Waals surface area contributed by atoms with Crippen LogP contribution in [-0.4, -0.2) is 49.3 Å². The molecule has 53 heavy (non-hydrogen) atoms. The first-order valence-electron chi connectivity index (χ1n) is 22.2. The van der Waals surface area contributed by atoms with Gasteiger partial charge in [-0.3, -0.25) is 18.6 Å². The van der Waals surface area contributed by atoms with Crippen LogP contribution >= 0.6 is 7.82 Å². The Morgan fingerprint density at radius 3 is 1.34 bits per heavy atom. The second kappa shape index (κ2) is 40.4. The van der Waals surface area contributed by atoms with Gasteiger partial charge in [-0.05, 0) is 38.5 Å². The summed E-state index contributed by atoms with van der Waals surface area (Å²) in [6.45, 7) is 3.74. The molecule has 0 amide bonds. The number of allylic oxidation sites excluding steroid dienone is 2. The molecular weight excluding hydrogens is 689 g/mol. The summed E-state index contributed by atoms with van der Waals surface area (Å²) in [5.74, 6) is -0.820. The highest BCUT2D eigenvalue weighted by Crippen LogP contribution is 2.43. The van der Waals surface area contributed by atoms with E-state index in [4.69, 9.17) is 24.3 Å². The molecule has 0 aliphatic heterocycles. The molecule has 10 heteroatoms. The van der Waals surface area contributed by atoms with Crippen LogP contribution in [0.3, 0.4) is 0 Å². The molecule has 3 N–H and O–H groups in total. The Balaban J connectivity index is 4.05. The molecule has 0 heterocycles. The number of hydrogen-bond donors (Lipinski definition) is 2. The Labute approximate surface area is 326 Å². The quantitative estimate of drug-likeness (QED) is 0.0269. The third-order valence-electron chi connectivity index (χ3n) is 9.65. The summed E-state index contributed by atoms with van der Waals surface area (Å²) < 4.78 is 32.8. The second-order valence-corrected chi connectivity index (χ2v) is 16.4. The van der Waals surface area contributed by atoms with Crippen LogP contribution in [0.4, 0.5) is 0 Å². The summed E-state index contributed by atoms with van der Waals surface area (Å²) in [5.41, 5.74) is 5.34. The van der Waals surface area contributed by atoms with Crippen molar-refractivity contribution in [3.05, 3.63) is 12.2 Å². The van der Waals surface area contributed by atoms with Crippen LogP contribution in [0, 0.1) is 0 Å². The fourth-order valence-corrected chi connectivity index (χ4v) is 7.10. The Hall–Kier alpha value is -1.25. The average molecular weight is 774 g/mol. The Bertz CT molecular complexity index is 886. The van der Waals surface area contributed by atoms with Gasteiger partial charge in [-0.1, -0.05) is 180 Å². The van der Waals surface area contributed by atoms with Crippen LogP contribution in [0.15, 0.2) is 12.2 Å². The normalized spacial score (nSPS) is 13.4. The molecule has 314 valence electrons. The van der Waals surface area contributed by atoms with Gasteiger partial charge in [0.2, 0.25) is 0 Å². The minimum absolute atomic E-state index is 0.0562. The standard InChI is InChI=1S/C43H84NO8P/c1-3-5-7-9-11-13-15-16-17-18-19-20-21-22-23-24-26-28-30-32-34-36-43(46)52-41(40-51-53(47,48)50-38-37-44)39-49-42(45)35-33-31-29-27-25-14-12-10-8-6-4-2/h16-17,41H,3-15,18-40,44H2,1-2H3,(H,47,48)/b17-16+/t41-/m1/s1. The van der Waals surface area contributed by atoms with Crippen molar-refractivity contribution in [2.45, 2.75) is 225 Å². The molecule has 2 atom stereocenters. The summed E-state index contributed by atoms with van der Waals surface area (Å²) in [7, 11) is -4.37. The van der Waals surface area contributed by atoms with E-state index in [-0.39, 0.29) is 38.6 Å². The van der Waals surface area contributed by atoms with Gasteiger partial charge in [0.1, 0.15) is 6.61 Å². The van der Waals surface area contributed by atoms with Gasteiger partial charge in [0.15, 0.2) is 6.10 Å². The number of phosphoric acid groups is 1. The van der Waals surface area contributed by atoms with Crippen LogP contribution in [-0.2, 0) is 32.7 Å². The SMILES string of the molecule is CCCCCCCC/C=C/CCCCCCCCCCCCCC(=O)O[C@H](COC(=O)CCCCCCCCCCCCC)COP(=O)(O)OCCN. The van der Waals surface area contributed by atoms with Crippen LogP contribution < -0.4 is 5.73 Å². The van der Waals surface area contributed by atoms with Crippen molar-refractivity contribution in [2.75, 3.05) is 26.4 Å². The van der Waals surface area contributed by atoms with E-state index in [2.05, 4.69) is 26.0 Å². The van der Waals surface area contributed by atoms with Crippen molar-refractivity contribution in [3.63, 3.8) is 0 Å². The van der Waals surface area contributed by atoms with Crippen LogP contribution in [0.25, 0.3) is 0 Å². The van der Waals surface area contributed by atoms with Crippen LogP contribution in [0.1, 0.15) is 219 Å². The second-order valence-electron chi connectivity index (χ2n) is 14.9. The van der Waals surface area contributed by atoms with E-state index >= 15 is 0 Å². The van der Waals surface area contributed by atoms with Gasteiger partial charge in [-0.15, -0.1) is 0 Å². The number of nitrogens with two attached hydrogens (primary N) is 1. The first kappa shape index (κ1) is 51.8. The Kier molecular flexibility index (Phi) is 39.5. The maximum absolute atomic E-state index is 12.6. The highest BCUT2D eigenvalue weighted by Gasteiger charge is 2.26. The summed E-state index contributed by atoms with van der Waals surface area (Å²) in [6, 6.07) is 0. The van der Waals surface area contributed by atoms with Crippen molar-refractivity contribution >= 4 is 19.8 Å². The van der Waals surface area contributed by atoms with Crippen molar-refractivity contribution in [2.24, 2.45) is 5.73 Å². The van der Waals surface area contributed by atoms with Crippen LogP contribution in [0.2, 0.25) is 0 Å². The Morgan fingerprint density at radius 1 is 0.547 bits per heavy atom. The van der Waals surface area contributed by atoms with Gasteiger partial charge in [0, 0.05) is 19.4 Å². The molecule has 0 aromatic rings. The van der Waals surface area contributed by atoms with Gasteiger partial charge < -0.3 is 20.1 Å². The number of carbonyl (C=O) groups is 2. The number of phosphoric ester groups is 1. The maximum Gasteiger partial charge on any atom is 0.472 e. The number of rotatable bonds is 42. The average Bonchev–Trinajstić information content (AvgIpc) is 3.14. The molecular formula is C43H84NO8P. The number of carbonyl (C=O) groups excluding carboxylic acids is 2. The van der Waals surface area contributed by atoms with E-state index in [1.54, 1.807) is 0 Å². The van der Waals surface area contributed by atoms with Gasteiger partial charge in [-0.2, -0.15) is 0 Å². The number of hydrogen-bond acceptors (Lipinski definition) is 8. The van der Waals surface area contributed by atoms with E-state index in [0.717, 1.165) is 32.1 Å². The first-order chi connectivity index (χ1) is 25.8. The fraction of sp³-hybridized carbons (Fsp3) is 0.907. The Morgan fingerprint density at radius 2 is 0.925 bits per heavy atom. The molecule has 0 aliphatic rings. The molecule has 1 unspecified atom stereocenters. The van der Waals surface area contributed by atoms with Gasteiger partial charge >= 0.3 is 19.8 Å². The lowest BCUT2D eigenvalue weighted by Crippen LogP contribution is -2.29. The third kappa shape index (κ3) is 40.2. The van der Waals surface area contributed by atoms with E-state index in [9.17, 15) is 19.0 Å². The zero-order valence-corrected chi connectivity index (χ0v) is 35.4. The monoisotopic (exact) mass is 774 g/mol. The largest absolute Gasteiger partial charge is 0.472 e.